The lowest BCUT2D eigenvalue weighted by atomic mass is 9.88. The van der Waals surface area contributed by atoms with E-state index in [0.29, 0.717) is 27.6 Å². The molecule has 1 aliphatic heterocycles. The molecule has 9 heteroatoms. The highest BCUT2D eigenvalue weighted by molar-refractivity contribution is 6.34. The third kappa shape index (κ3) is 4.84. The maximum absolute atomic E-state index is 12.8. The molecule has 0 aromatic heterocycles. The normalized spacial score (nSPS) is 17.7. The third-order valence-corrected chi connectivity index (χ3v) is 5.46. The standard InChI is InChI=1S/C22H22Cl2N2O5/c1-13-7-14(5-6-18(13)20(27)26(12-29-3)21(28)30-4)19-11-22(2,31-25-19)15-8-16(23)10-17(24)9-15/h5-10H,11-12H2,1-4H3/t22-/m0/s1. The van der Waals surface area contributed by atoms with E-state index in [4.69, 9.17) is 32.8 Å². The molecule has 164 valence electrons. The molecule has 31 heavy (non-hydrogen) atoms. The molecule has 2 aromatic carbocycles. The van der Waals surface area contributed by atoms with Crippen molar-refractivity contribution in [3.63, 3.8) is 0 Å². The summed E-state index contributed by atoms with van der Waals surface area (Å²) in [5, 5.41) is 5.30. The van der Waals surface area contributed by atoms with Crippen molar-refractivity contribution in [2.45, 2.75) is 25.9 Å². The zero-order chi connectivity index (χ0) is 22.8. The first kappa shape index (κ1) is 23.1. The Balaban J connectivity index is 1.83. The third-order valence-electron chi connectivity index (χ3n) is 5.02. The van der Waals surface area contributed by atoms with Crippen LogP contribution in [0.1, 0.15) is 40.4 Å². The van der Waals surface area contributed by atoms with Gasteiger partial charge >= 0.3 is 6.09 Å². The van der Waals surface area contributed by atoms with Gasteiger partial charge in [-0.1, -0.05) is 34.4 Å². The van der Waals surface area contributed by atoms with E-state index in [9.17, 15) is 9.59 Å². The fourth-order valence-corrected chi connectivity index (χ4v) is 3.90. The fourth-order valence-electron chi connectivity index (χ4n) is 3.37. The molecule has 1 heterocycles. The highest BCUT2D eigenvalue weighted by Crippen LogP contribution is 2.38. The maximum atomic E-state index is 12.8. The van der Waals surface area contributed by atoms with Crippen LogP contribution in [-0.2, 0) is 19.9 Å². The minimum absolute atomic E-state index is 0.214. The molecule has 2 aromatic rings. The first-order valence-corrected chi connectivity index (χ1v) is 10.2. The minimum Gasteiger partial charge on any atom is -0.452 e. The van der Waals surface area contributed by atoms with E-state index < -0.39 is 17.6 Å². The van der Waals surface area contributed by atoms with Crippen LogP contribution < -0.4 is 0 Å². The molecule has 1 aliphatic rings. The molecule has 7 nitrogen and oxygen atoms in total. The van der Waals surface area contributed by atoms with Crippen LogP contribution in [0.25, 0.3) is 0 Å². The molecule has 0 radical (unpaired) electrons. The summed E-state index contributed by atoms with van der Waals surface area (Å²) in [5.41, 5.74) is 2.67. The monoisotopic (exact) mass is 464 g/mol. The molecule has 0 spiro atoms. The Morgan fingerprint density at radius 3 is 2.42 bits per heavy atom. The Morgan fingerprint density at radius 1 is 1.16 bits per heavy atom. The summed E-state index contributed by atoms with van der Waals surface area (Å²) in [6.07, 6.45) is -0.297. The average molecular weight is 465 g/mol. The van der Waals surface area contributed by atoms with E-state index >= 15 is 0 Å². The second kappa shape index (κ2) is 9.26. The second-order valence-electron chi connectivity index (χ2n) is 7.35. The SMILES string of the molecule is COCN(C(=O)OC)C(=O)c1ccc(C2=NO[C@](C)(c3cc(Cl)cc(Cl)c3)C2)cc1C. The number of nitrogens with zero attached hydrogens (tertiary/aromatic N) is 2. The minimum atomic E-state index is -0.792. The van der Waals surface area contributed by atoms with Crippen LogP contribution in [0.4, 0.5) is 4.79 Å². The number of carbonyl (C=O) groups excluding carboxylic acids is 2. The zero-order valence-corrected chi connectivity index (χ0v) is 19.1. The van der Waals surface area contributed by atoms with Gasteiger partial charge in [-0.3, -0.25) is 4.79 Å². The Labute approximate surface area is 190 Å². The number of carbonyl (C=O) groups is 2. The summed E-state index contributed by atoms with van der Waals surface area (Å²) in [7, 11) is 2.60. The number of methoxy groups -OCH3 is 2. The Morgan fingerprint density at radius 2 is 1.84 bits per heavy atom. The van der Waals surface area contributed by atoms with Crippen molar-refractivity contribution in [2.75, 3.05) is 21.0 Å². The van der Waals surface area contributed by atoms with Crippen molar-refractivity contribution in [3.05, 3.63) is 68.7 Å². The number of ether oxygens (including phenoxy) is 2. The van der Waals surface area contributed by atoms with Gasteiger partial charge in [-0.15, -0.1) is 0 Å². The van der Waals surface area contributed by atoms with Gasteiger partial charge in [0, 0.05) is 34.7 Å². The predicted octanol–water partition coefficient (Wildman–Crippen LogP) is 5.15. The van der Waals surface area contributed by atoms with Gasteiger partial charge in [0.2, 0.25) is 0 Å². The van der Waals surface area contributed by atoms with Gasteiger partial charge in [-0.2, -0.15) is 0 Å². The van der Waals surface area contributed by atoms with E-state index in [0.717, 1.165) is 21.7 Å². The van der Waals surface area contributed by atoms with Crippen molar-refractivity contribution in [1.82, 2.24) is 4.90 Å². The van der Waals surface area contributed by atoms with Gasteiger partial charge in [0.1, 0.15) is 6.73 Å². The smallest absolute Gasteiger partial charge is 0.418 e. The lowest BCUT2D eigenvalue weighted by Gasteiger charge is -2.22. The number of rotatable bonds is 5. The topological polar surface area (TPSA) is 77.4 Å². The van der Waals surface area contributed by atoms with Crippen LogP contribution >= 0.6 is 23.2 Å². The van der Waals surface area contributed by atoms with Gasteiger partial charge in [0.15, 0.2) is 5.60 Å². The quantitative estimate of drug-likeness (QED) is 0.571. The summed E-state index contributed by atoms with van der Waals surface area (Å²) >= 11 is 12.3. The Kier molecular flexibility index (Phi) is 6.89. The molecule has 0 N–H and O–H groups in total. The molecule has 0 bridgehead atoms. The number of amides is 2. The Bertz CT molecular complexity index is 1040. The number of halogens is 2. The van der Waals surface area contributed by atoms with E-state index in [-0.39, 0.29) is 6.73 Å². The van der Waals surface area contributed by atoms with Crippen molar-refractivity contribution < 1.29 is 23.9 Å². The van der Waals surface area contributed by atoms with Crippen LogP contribution in [-0.4, -0.2) is 43.6 Å². The van der Waals surface area contributed by atoms with Crippen LogP contribution in [0.15, 0.2) is 41.6 Å². The summed E-state index contributed by atoms with van der Waals surface area (Å²) in [6, 6.07) is 10.5. The molecule has 0 saturated carbocycles. The predicted molar refractivity (Wildman–Crippen MR) is 118 cm³/mol. The van der Waals surface area contributed by atoms with Gasteiger partial charge in [0.05, 0.1) is 12.8 Å². The molecule has 0 saturated heterocycles. The van der Waals surface area contributed by atoms with Gasteiger partial charge in [-0.05, 0) is 55.3 Å². The molecule has 0 unspecified atom stereocenters. The van der Waals surface area contributed by atoms with Crippen molar-refractivity contribution in [1.29, 1.82) is 0 Å². The van der Waals surface area contributed by atoms with Gasteiger partial charge in [-0.25, -0.2) is 9.69 Å². The molecule has 2 amide bonds. The van der Waals surface area contributed by atoms with Crippen LogP contribution in [0.5, 0.6) is 0 Å². The first-order valence-electron chi connectivity index (χ1n) is 9.40. The molecular formula is C22H22Cl2N2O5. The molecular weight excluding hydrogens is 443 g/mol. The number of hydrogen-bond acceptors (Lipinski definition) is 6. The van der Waals surface area contributed by atoms with E-state index in [1.165, 1.54) is 14.2 Å². The van der Waals surface area contributed by atoms with E-state index in [2.05, 4.69) is 9.89 Å². The Hall–Kier alpha value is -2.61. The van der Waals surface area contributed by atoms with Crippen molar-refractivity contribution in [2.24, 2.45) is 5.16 Å². The van der Waals surface area contributed by atoms with Gasteiger partial charge in [0.25, 0.3) is 5.91 Å². The average Bonchev–Trinajstić information content (AvgIpc) is 3.14. The molecule has 0 aliphatic carbocycles. The first-order chi connectivity index (χ1) is 14.7. The summed E-state index contributed by atoms with van der Waals surface area (Å²) in [6.45, 7) is 3.48. The van der Waals surface area contributed by atoms with Crippen LogP contribution in [0.3, 0.4) is 0 Å². The highest BCUT2D eigenvalue weighted by Gasteiger charge is 2.37. The number of imide groups is 1. The summed E-state index contributed by atoms with van der Waals surface area (Å²) < 4.78 is 9.61. The van der Waals surface area contributed by atoms with Crippen LogP contribution in [0.2, 0.25) is 10.0 Å². The number of aryl methyl sites for hydroxylation is 1. The van der Waals surface area contributed by atoms with E-state index in [1.807, 2.05) is 13.0 Å². The fraction of sp³-hybridized carbons (Fsp3) is 0.318. The number of benzene rings is 2. The van der Waals surface area contributed by atoms with Crippen LogP contribution in [0, 0.1) is 6.92 Å². The lowest BCUT2D eigenvalue weighted by Crippen LogP contribution is -2.38. The number of hydrogen-bond donors (Lipinski definition) is 0. The summed E-state index contributed by atoms with van der Waals surface area (Å²) in [5.74, 6) is -0.513. The molecule has 0 fully saturated rings. The maximum Gasteiger partial charge on any atom is 0.418 e. The molecule has 1 atom stereocenters. The largest absolute Gasteiger partial charge is 0.452 e. The van der Waals surface area contributed by atoms with Crippen molar-refractivity contribution >= 4 is 40.9 Å². The van der Waals surface area contributed by atoms with Gasteiger partial charge < -0.3 is 14.3 Å². The summed E-state index contributed by atoms with van der Waals surface area (Å²) in [4.78, 5) is 31.4. The second-order valence-corrected chi connectivity index (χ2v) is 8.22. The number of oxime groups is 1. The zero-order valence-electron chi connectivity index (χ0n) is 17.6. The lowest BCUT2D eigenvalue weighted by molar-refractivity contribution is -0.00738. The van der Waals surface area contributed by atoms with E-state index in [1.54, 1.807) is 37.3 Å². The highest BCUT2D eigenvalue weighted by atomic mass is 35.5. The van der Waals surface area contributed by atoms with Crippen molar-refractivity contribution in [3.8, 4) is 0 Å². The molecule has 3 rings (SSSR count).